The zero-order chi connectivity index (χ0) is 12.3. The maximum Gasteiger partial charge on any atom is 0.146 e. The summed E-state index contributed by atoms with van der Waals surface area (Å²) in [5.74, 6) is -0.496. The van der Waals surface area contributed by atoms with Gasteiger partial charge in [0.1, 0.15) is 11.9 Å². The van der Waals surface area contributed by atoms with Crippen LogP contribution in [0.2, 0.25) is 5.02 Å². The van der Waals surface area contributed by atoms with Gasteiger partial charge >= 0.3 is 0 Å². The second-order valence-electron chi connectivity index (χ2n) is 3.39. The molecule has 0 heterocycles. The number of anilines is 1. The number of nitrogen functional groups attached to an aromatic ring is 1. The quantitative estimate of drug-likeness (QED) is 0.578. The van der Waals surface area contributed by atoms with Gasteiger partial charge in [-0.25, -0.2) is 4.39 Å². The molecule has 3 nitrogen and oxygen atoms in total. The van der Waals surface area contributed by atoms with E-state index in [2.05, 4.69) is 0 Å². The van der Waals surface area contributed by atoms with Crippen molar-refractivity contribution >= 4 is 28.9 Å². The molecular formula is C10H12Cl2FNO2. The first kappa shape index (κ1) is 13.5. The van der Waals surface area contributed by atoms with Crippen LogP contribution < -0.4 is 5.73 Å². The van der Waals surface area contributed by atoms with Gasteiger partial charge in [0, 0.05) is 16.5 Å². The van der Waals surface area contributed by atoms with Gasteiger partial charge in [-0.1, -0.05) is 11.6 Å². The van der Waals surface area contributed by atoms with Crippen molar-refractivity contribution in [2.24, 2.45) is 0 Å². The third-order valence-electron chi connectivity index (χ3n) is 2.20. The smallest absolute Gasteiger partial charge is 0.146 e. The van der Waals surface area contributed by atoms with Crippen LogP contribution in [0.5, 0.6) is 0 Å². The van der Waals surface area contributed by atoms with Gasteiger partial charge in [0.2, 0.25) is 0 Å². The summed E-state index contributed by atoms with van der Waals surface area (Å²) in [6.45, 7) is 0. The number of hydrogen-bond donors (Lipinski definition) is 3. The molecular weight excluding hydrogens is 256 g/mol. The molecule has 0 saturated heterocycles. The van der Waals surface area contributed by atoms with Crippen LogP contribution in [-0.2, 0) is 0 Å². The fraction of sp³-hybridized carbons (Fsp3) is 0.400. The Bertz CT molecular complexity index is 376. The molecule has 2 unspecified atom stereocenters. The lowest BCUT2D eigenvalue weighted by Gasteiger charge is -2.18. The number of alkyl halides is 1. The minimum Gasteiger partial charge on any atom is -0.396 e. The molecule has 0 aliphatic heterocycles. The number of halogens is 3. The molecule has 0 aliphatic carbocycles. The standard InChI is InChI=1S/C10H12Cl2FNO2/c11-2-1-9(15)10(16)5-3-7(13)8(14)4-6(5)12/h3-4,9-10,15-16H,1-2,14H2. The van der Waals surface area contributed by atoms with Gasteiger partial charge in [-0.3, -0.25) is 0 Å². The molecule has 0 fully saturated rings. The molecule has 0 aromatic heterocycles. The van der Waals surface area contributed by atoms with Gasteiger partial charge in [0.25, 0.3) is 0 Å². The minimum absolute atomic E-state index is 0.103. The summed E-state index contributed by atoms with van der Waals surface area (Å²) in [5, 5.41) is 19.3. The first-order valence-corrected chi connectivity index (χ1v) is 5.55. The molecule has 1 aromatic rings. The van der Waals surface area contributed by atoms with Gasteiger partial charge < -0.3 is 15.9 Å². The van der Waals surface area contributed by atoms with Crippen molar-refractivity contribution in [2.75, 3.05) is 11.6 Å². The third-order valence-corrected chi connectivity index (χ3v) is 2.75. The topological polar surface area (TPSA) is 66.5 Å². The fourth-order valence-electron chi connectivity index (χ4n) is 1.28. The van der Waals surface area contributed by atoms with Crippen LogP contribution in [0.15, 0.2) is 12.1 Å². The molecule has 4 N–H and O–H groups in total. The normalized spacial score (nSPS) is 14.8. The Hall–Kier alpha value is -0.550. The van der Waals surface area contributed by atoms with E-state index in [9.17, 15) is 14.6 Å². The lowest BCUT2D eigenvalue weighted by molar-refractivity contribution is 0.0169. The SMILES string of the molecule is Nc1cc(Cl)c(C(O)C(O)CCCl)cc1F. The van der Waals surface area contributed by atoms with E-state index in [1.807, 2.05) is 0 Å². The second-order valence-corrected chi connectivity index (χ2v) is 4.17. The van der Waals surface area contributed by atoms with Crippen molar-refractivity contribution in [1.29, 1.82) is 0 Å². The van der Waals surface area contributed by atoms with Crippen LogP contribution in [0, 0.1) is 5.82 Å². The van der Waals surface area contributed by atoms with Crippen LogP contribution >= 0.6 is 23.2 Å². The zero-order valence-electron chi connectivity index (χ0n) is 8.33. The number of aliphatic hydroxyl groups excluding tert-OH is 2. The molecule has 1 rings (SSSR count). The lowest BCUT2D eigenvalue weighted by Crippen LogP contribution is -2.19. The number of hydrogen-bond acceptors (Lipinski definition) is 3. The number of rotatable bonds is 4. The molecule has 0 spiro atoms. The summed E-state index contributed by atoms with van der Waals surface area (Å²) in [4.78, 5) is 0. The number of benzene rings is 1. The molecule has 0 saturated carbocycles. The van der Waals surface area contributed by atoms with Crippen LogP contribution in [0.1, 0.15) is 18.1 Å². The summed E-state index contributed by atoms with van der Waals surface area (Å²) >= 11 is 11.2. The van der Waals surface area contributed by atoms with Crippen LogP contribution in [-0.4, -0.2) is 22.2 Å². The first-order chi connectivity index (χ1) is 7.47. The van der Waals surface area contributed by atoms with Gasteiger partial charge in [-0.2, -0.15) is 0 Å². The third kappa shape index (κ3) is 2.98. The van der Waals surface area contributed by atoms with Gasteiger partial charge in [-0.05, 0) is 18.6 Å². The van der Waals surface area contributed by atoms with Gasteiger partial charge in [0.05, 0.1) is 11.8 Å². The van der Waals surface area contributed by atoms with E-state index in [0.717, 1.165) is 6.07 Å². The lowest BCUT2D eigenvalue weighted by atomic mass is 10.0. The highest BCUT2D eigenvalue weighted by molar-refractivity contribution is 6.31. The molecule has 0 amide bonds. The number of aliphatic hydroxyl groups is 2. The van der Waals surface area contributed by atoms with E-state index in [0.29, 0.717) is 0 Å². The van der Waals surface area contributed by atoms with E-state index in [1.165, 1.54) is 6.07 Å². The van der Waals surface area contributed by atoms with Crippen molar-refractivity contribution in [2.45, 2.75) is 18.6 Å². The predicted molar refractivity (Wildman–Crippen MR) is 62.1 cm³/mol. The van der Waals surface area contributed by atoms with E-state index < -0.39 is 18.0 Å². The minimum atomic E-state index is -1.28. The maximum atomic E-state index is 13.2. The Labute approximate surface area is 103 Å². The molecule has 90 valence electrons. The Morgan fingerprint density at radius 3 is 2.56 bits per heavy atom. The van der Waals surface area contributed by atoms with Gasteiger partial charge in [0.15, 0.2) is 0 Å². The molecule has 0 radical (unpaired) electrons. The van der Waals surface area contributed by atoms with Crippen molar-refractivity contribution in [3.05, 3.63) is 28.5 Å². The largest absolute Gasteiger partial charge is 0.396 e. The van der Waals surface area contributed by atoms with Crippen LogP contribution in [0.4, 0.5) is 10.1 Å². The zero-order valence-corrected chi connectivity index (χ0v) is 9.84. The van der Waals surface area contributed by atoms with Crippen molar-refractivity contribution < 1.29 is 14.6 Å². The highest BCUT2D eigenvalue weighted by Gasteiger charge is 2.21. The molecule has 1 aromatic carbocycles. The molecule has 6 heteroatoms. The van der Waals surface area contributed by atoms with Gasteiger partial charge in [-0.15, -0.1) is 11.6 Å². The highest BCUT2D eigenvalue weighted by atomic mass is 35.5. The number of nitrogens with two attached hydrogens (primary N) is 1. The Morgan fingerprint density at radius 2 is 2.00 bits per heavy atom. The summed E-state index contributed by atoms with van der Waals surface area (Å²) in [7, 11) is 0. The maximum absolute atomic E-state index is 13.2. The summed E-state index contributed by atoms with van der Waals surface area (Å²) in [5.41, 5.74) is 5.30. The second kappa shape index (κ2) is 5.68. The molecule has 0 aliphatic rings. The Kier molecular flexibility index (Phi) is 4.80. The highest BCUT2D eigenvalue weighted by Crippen LogP contribution is 2.30. The molecule has 16 heavy (non-hydrogen) atoms. The Morgan fingerprint density at radius 1 is 1.38 bits per heavy atom. The first-order valence-electron chi connectivity index (χ1n) is 4.64. The van der Waals surface area contributed by atoms with Crippen molar-refractivity contribution in [3.63, 3.8) is 0 Å². The van der Waals surface area contributed by atoms with Crippen molar-refractivity contribution in [1.82, 2.24) is 0 Å². The van der Waals surface area contributed by atoms with E-state index in [1.54, 1.807) is 0 Å². The average molecular weight is 268 g/mol. The Balaban J connectivity index is 2.99. The van der Waals surface area contributed by atoms with E-state index >= 15 is 0 Å². The summed E-state index contributed by atoms with van der Waals surface area (Å²) in [6.07, 6.45) is -2.18. The van der Waals surface area contributed by atoms with E-state index in [4.69, 9.17) is 28.9 Å². The summed E-state index contributed by atoms with van der Waals surface area (Å²) in [6, 6.07) is 2.21. The fourth-order valence-corrected chi connectivity index (χ4v) is 1.79. The predicted octanol–water partition coefficient (Wildman–Crippen LogP) is 2.08. The van der Waals surface area contributed by atoms with Crippen LogP contribution in [0.3, 0.4) is 0 Å². The molecule has 0 bridgehead atoms. The molecule has 2 atom stereocenters. The van der Waals surface area contributed by atoms with E-state index in [-0.39, 0.29) is 28.6 Å². The monoisotopic (exact) mass is 267 g/mol. The van der Waals surface area contributed by atoms with Crippen LogP contribution in [0.25, 0.3) is 0 Å². The average Bonchev–Trinajstić information content (AvgIpc) is 2.23. The summed E-state index contributed by atoms with van der Waals surface area (Å²) < 4.78 is 13.2. The van der Waals surface area contributed by atoms with Crippen molar-refractivity contribution in [3.8, 4) is 0 Å².